The molecular weight excluding hydrogens is 1550 g/mol. The van der Waals surface area contributed by atoms with Crippen LogP contribution in [-0.2, 0) is 70.6 Å². The summed E-state index contributed by atoms with van der Waals surface area (Å²) in [5, 5.41) is 56.6. The molecule has 0 radical (unpaired) electrons. The number of nitro groups is 1. The van der Waals surface area contributed by atoms with Gasteiger partial charge in [-0.1, -0.05) is 239 Å². The number of aryl methyl sites for hydroxylation is 4. The van der Waals surface area contributed by atoms with Crippen LogP contribution in [0.2, 0.25) is 0 Å². The van der Waals surface area contributed by atoms with Gasteiger partial charge in [-0.2, -0.15) is 15.3 Å². The van der Waals surface area contributed by atoms with Crippen molar-refractivity contribution in [3.8, 4) is 23.0 Å². The Morgan fingerprint density at radius 3 is 1.28 bits per heavy atom. The molecule has 5 aromatic heterocycles. The molecule has 0 unspecified atom stereocenters. The fourth-order valence-electron chi connectivity index (χ4n) is 14.9. The molecule has 0 amide bonds. The zero-order chi connectivity index (χ0) is 91.3. The van der Waals surface area contributed by atoms with Gasteiger partial charge in [0.2, 0.25) is 5.82 Å². The molecule has 0 aliphatic rings. The van der Waals surface area contributed by atoms with Crippen LogP contribution in [0.3, 0.4) is 0 Å². The van der Waals surface area contributed by atoms with Gasteiger partial charge in [-0.15, -0.1) is 0 Å². The number of hydrogen-bond acceptors (Lipinski definition) is 11. The number of rotatable bonds is 7. The van der Waals surface area contributed by atoms with E-state index >= 15 is 0 Å². The second-order valence-electron chi connectivity index (χ2n) is 38.8. The van der Waals surface area contributed by atoms with Crippen molar-refractivity contribution in [3.63, 3.8) is 0 Å². The van der Waals surface area contributed by atoms with Crippen LogP contribution in [0, 0.1) is 60.0 Å². The molecule has 14 rings (SSSR count). The van der Waals surface area contributed by atoms with E-state index in [1.807, 2.05) is 177 Å². The van der Waals surface area contributed by atoms with E-state index in [4.69, 9.17) is 9.47 Å². The molecule has 652 valence electrons. The number of benzene rings is 9. The summed E-state index contributed by atoms with van der Waals surface area (Å²) in [4.78, 5) is 18.4. The lowest BCUT2D eigenvalue weighted by molar-refractivity contribution is -0.391. The van der Waals surface area contributed by atoms with Crippen molar-refractivity contribution in [1.29, 1.82) is 0 Å². The predicted octanol–water partition coefficient (Wildman–Crippen LogP) is 26.2. The summed E-state index contributed by atoms with van der Waals surface area (Å²) in [7, 11) is 3.45. The lowest BCUT2D eigenvalue weighted by atomic mass is 9.82. The first kappa shape index (κ1) is 97.4. The zero-order valence-corrected chi connectivity index (χ0v) is 76.7. The molecule has 0 spiro atoms. The SMILES string of the molecule is CC(C)(C)c1c(F)ccc2cn[nH]c12.CC(C)(C)c1c(O)cccc1F.CC(C)(C)c1cc(O)cc2ccccc12.Cc1ccc2[nH]ncc2c1C(C)(C)C.Cc1ccc2cn[nH]c2c1C(C)(C)C.Cc1cccc(F)c1C(C)(C)C.Cn1c([N+](=O)[O-])cnc1COc1cccc(F)c1C(C)(C)C.Cn1ccnc1COc1cccc(F)c1C(C)(C)C. The number of nitrogens with zero attached hydrogens (tertiary/aromatic N) is 8. The average Bonchev–Trinajstić information content (AvgIpc) is 1.71. The topological polar surface area (TPSA) is 224 Å². The molecule has 5 N–H and O–H groups in total. The highest BCUT2D eigenvalue weighted by atomic mass is 19.1. The van der Waals surface area contributed by atoms with Crippen LogP contribution in [0.1, 0.15) is 239 Å². The van der Waals surface area contributed by atoms with E-state index in [0.29, 0.717) is 51.9 Å². The van der Waals surface area contributed by atoms with E-state index in [1.165, 1.54) is 103 Å². The van der Waals surface area contributed by atoms with Crippen LogP contribution in [0.5, 0.6) is 23.0 Å². The maximum absolute atomic E-state index is 14.1. The van der Waals surface area contributed by atoms with Gasteiger partial charge >= 0.3 is 5.82 Å². The van der Waals surface area contributed by atoms with Crippen LogP contribution in [0.25, 0.3) is 43.5 Å². The Balaban J connectivity index is 0.000000193. The van der Waals surface area contributed by atoms with E-state index < -0.39 is 10.3 Å². The Labute approximate surface area is 717 Å². The molecule has 0 aliphatic heterocycles. The number of aromatic nitrogens is 10. The fourth-order valence-corrected chi connectivity index (χ4v) is 14.9. The van der Waals surface area contributed by atoms with Crippen molar-refractivity contribution >= 4 is 49.3 Å². The van der Waals surface area contributed by atoms with E-state index in [-0.39, 0.29) is 85.2 Å². The number of hydrogen-bond donors (Lipinski definition) is 5. The smallest absolute Gasteiger partial charge is 0.342 e. The van der Waals surface area contributed by atoms with Gasteiger partial charge in [-0.25, -0.2) is 36.5 Å². The number of halogens is 5. The second-order valence-corrected chi connectivity index (χ2v) is 38.8. The van der Waals surface area contributed by atoms with Crippen LogP contribution in [0.4, 0.5) is 27.8 Å². The van der Waals surface area contributed by atoms with Crippen molar-refractivity contribution in [2.24, 2.45) is 14.1 Å². The third kappa shape index (κ3) is 25.5. The number of nitrogens with one attached hydrogen (secondary N) is 3. The minimum Gasteiger partial charge on any atom is -0.508 e. The normalized spacial score (nSPS) is 11.9. The van der Waals surface area contributed by atoms with Gasteiger partial charge in [0.1, 0.15) is 70.7 Å². The second kappa shape index (κ2) is 39.4. The van der Waals surface area contributed by atoms with Crippen molar-refractivity contribution in [3.05, 3.63) is 295 Å². The monoisotopic (exact) mass is 1670 g/mol. The molecule has 5 heterocycles. The van der Waals surface area contributed by atoms with Crippen LogP contribution in [0.15, 0.2) is 183 Å². The van der Waals surface area contributed by atoms with Crippen LogP contribution >= 0.6 is 0 Å². The van der Waals surface area contributed by atoms with Gasteiger partial charge in [0.15, 0.2) is 6.61 Å². The summed E-state index contributed by atoms with van der Waals surface area (Å²) in [5.41, 5.74) is 12.7. The third-order valence-corrected chi connectivity index (χ3v) is 20.2. The number of phenols is 2. The van der Waals surface area contributed by atoms with Crippen LogP contribution < -0.4 is 9.47 Å². The number of imidazole rings is 2. The van der Waals surface area contributed by atoms with Gasteiger partial charge in [0.05, 0.1) is 42.2 Å². The van der Waals surface area contributed by atoms with E-state index in [9.17, 15) is 42.3 Å². The first-order chi connectivity index (χ1) is 56.4. The minimum absolute atomic E-state index is 0.0247. The third-order valence-electron chi connectivity index (χ3n) is 20.2. The summed E-state index contributed by atoms with van der Waals surface area (Å²) < 4.78 is 82.9. The van der Waals surface area contributed by atoms with Crippen LogP contribution in [-0.4, -0.2) is 64.8 Å². The molecule has 0 aliphatic carbocycles. The number of aromatic hydroxyl groups is 2. The van der Waals surface area contributed by atoms with Gasteiger partial charge in [-0.3, -0.25) is 15.3 Å². The Kier molecular flexibility index (Phi) is 31.5. The first-order valence-electron chi connectivity index (χ1n) is 40.8. The molecular formula is C100H126F5N11O6. The van der Waals surface area contributed by atoms with Crippen molar-refractivity contribution < 1.29 is 46.6 Å². The molecule has 22 heteroatoms. The summed E-state index contributed by atoms with van der Waals surface area (Å²) in [6, 6.07) is 42.8. The molecule has 17 nitrogen and oxygen atoms in total. The Morgan fingerprint density at radius 2 is 0.828 bits per heavy atom. The summed E-state index contributed by atoms with van der Waals surface area (Å²) in [6.07, 6.45) is 10.3. The maximum Gasteiger partial charge on any atom is 0.342 e. The molecule has 122 heavy (non-hydrogen) atoms. The Hall–Kier alpha value is -11.7. The molecule has 0 fully saturated rings. The molecule has 0 bridgehead atoms. The Bertz CT molecular complexity index is 5540. The standard InChI is InChI=1S/C15H18FN3O3.C15H19FN2O.C14H16O.2C12H16N2.C11H13FN2.C11H15F.C10H13FO/c1-15(2,3)14-10(16)6-5-7-11(14)22-9-12-17-8-13(18(12)4)19(20)21;1-15(2,3)14-11(16)6-5-7-12(14)19-10-13-17-8-9-18(13)4;1-14(2,3)13-9-11(15)8-10-6-4-5-7-12(10)13;1-8-5-6-10-9(7-13-14-10)11(8)12(2,3)4;1-8-5-6-9-7-13-14-11(9)10(8)12(2,3)4;1-11(2,3)9-8(12)5-4-7-6-13-14-10(7)9;1-8-6-5-7-9(12)10(8)11(2,3)4;1-10(2,3)9-7(11)5-4-6-8(9)12/h5-8H,9H2,1-4H3;5-9H,10H2,1-4H3;4-9,15H,1-3H3;2*5-7H,1-4H3,(H,13,14);4-6H,1-3H3,(H,13,14);5-7H,1-4H3;4-6,12H,1-3H3. The molecule has 14 aromatic rings. The van der Waals surface area contributed by atoms with E-state index in [1.54, 1.807) is 55.8 Å². The number of aromatic amines is 3. The highest BCUT2D eigenvalue weighted by Gasteiger charge is 2.29. The minimum atomic E-state index is -0.515. The van der Waals surface area contributed by atoms with Gasteiger partial charge < -0.3 is 34.4 Å². The molecule has 9 aromatic carbocycles. The number of fused-ring (bicyclic) bond motifs is 4. The van der Waals surface area contributed by atoms with Gasteiger partial charge in [-0.05, 0) is 192 Å². The summed E-state index contributed by atoms with van der Waals surface area (Å²) in [5.74, 6) is 1.28. The first-order valence-corrected chi connectivity index (χ1v) is 40.8. The highest BCUT2D eigenvalue weighted by Crippen LogP contribution is 2.40. The van der Waals surface area contributed by atoms with Crippen molar-refractivity contribution in [2.45, 2.75) is 243 Å². The lowest BCUT2D eigenvalue weighted by Crippen LogP contribution is -2.16. The lowest BCUT2D eigenvalue weighted by Gasteiger charge is -2.23. The number of phenolic OH excluding ortho intramolecular Hbond substituents is 2. The van der Waals surface area contributed by atoms with Crippen molar-refractivity contribution in [1.82, 2.24) is 49.7 Å². The molecule has 0 atom stereocenters. The van der Waals surface area contributed by atoms with E-state index in [2.05, 4.69) is 147 Å². The fraction of sp³-hybridized carbons (Fsp3) is 0.390. The molecule has 0 saturated carbocycles. The maximum atomic E-state index is 14.1. The number of H-pyrrole nitrogens is 3. The Morgan fingerprint density at radius 1 is 0.402 bits per heavy atom. The quantitative estimate of drug-likeness (QED) is 0.0573. The van der Waals surface area contributed by atoms with Gasteiger partial charge in [0, 0.05) is 57.9 Å². The average molecular weight is 1670 g/mol. The predicted molar refractivity (Wildman–Crippen MR) is 487 cm³/mol. The van der Waals surface area contributed by atoms with E-state index in [0.717, 1.165) is 38.8 Å². The van der Waals surface area contributed by atoms with Crippen molar-refractivity contribution in [2.75, 3.05) is 0 Å². The summed E-state index contributed by atoms with van der Waals surface area (Å²) >= 11 is 0. The zero-order valence-electron chi connectivity index (χ0n) is 76.7. The highest BCUT2D eigenvalue weighted by molar-refractivity contribution is 5.88. The molecule has 0 saturated heterocycles. The summed E-state index contributed by atoms with van der Waals surface area (Å²) in [6.45, 7) is 55.8. The van der Waals surface area contributed by atoms with Gasteiger partial charge in [0.25, 0.3) is 0 Å². The largest absolute Gasteiger partial charge is 0.508 e. The number of ether oxygens (including phenoxy) is 2.